The van der Waals surface area contributed by atoms with Crippen LogP contribution in [-0.2, 0) is 13.1 Å². The van der Waals surface area contributed by atoms with Gasteiger partial charge in [0.15, 0.2) is 0 Å². The number of aromatic nitrogens is 2. The van der Waals surface area contributed by atoms with Gasteiger partial charge < -0.3 is 10.2 Å². The average Bonchev–Trinajstić information content (AvgIpc) is 2.19. The molecule has 90 valence electrons. The van der Waals surface area contributed by atoms with Crippen LogP contribution < -0.4 is 5.32 Å². The molecule has 0 aliphatic carbocycles. The molecule has 0 unspecified atom stereocenters. The number of nitrogens with zero attached hydrogens (tertiary/aromatic N) is 3. The van der Waals surface area contributed by atoms with Gasteiger partial charge in [-0.3, -0.25) is 0 Å². The summed E-state index contributed by atoms with van der Waals surface area (Å²) in [5.41, 5.74) is 1.14. The zero-order valence-electron chi connectivity index (χ0n) is 10.7. The third-order valence-electron chi connectivity index (χ3n) is 2.10. The minimum atomic E-state index is 0.675. The normalized spacial score (nSPS) is 11.4. The molecule has 1 N–H and O–H groups in total. The maximum Gasteiger partial charge on any atom is 0.142 e. The molecule has 1 rings (SSSR count). The van der Waals surface area contributed by atoms with Gasteiger partial charge in [-0.05, 0) is 26.6 Å². The molecular formula is C12H22N4. The summed E-state index contributed by atoms with van der Waals surface area (Å²) in [6.45, 7) is 7.06. The lowest BCUT2D eigenvalue weighted by molar-refractivity contribution is 0.390. The van der Waals surface area contributed by atoms with E-state index in [0.29, 0.717) is 5.92 Å². The molecule has 0 aliphatic heterocycles. The molecule has 1 heterocycles. The Morgan fingerprint density at radius 1 is 1.25 bits per heavy atom. The molecule has 16 heavy (non-hydrogen) atoms. The van der Waals surface area contributed by atoms with Gasteiger partial charge in [0.2, 0.25) is 0 Å². The smallest absolute Gasteiger partial charge is 0.142 e. The first-order chi connectivity index (χ1) is 7.58. The van der Waals surface area contributed by atoms with E-state index in [0.717, 1.165) is 31.0 Å². The van der Waals surface area contributed by atoms with Gasteiger partial charge in [-0.25, -0.2) is 9.97 Å². The monoisotopic (exact) mass is 222 g/mol. The van der Waals surface area contributed by atoms with Crippen molar-refractivity contribution in [1.82, 2.24) is 20.2 Å². The van der Waals surface area contributed by atoms with Gasteiger partial charge in [0.25, 0.3) is 0 Å². The summed E-state index contributed by atoms with van der Waals surface area (Å²) in [5, 5.41) is 3.37. The summed E-state index contributed by atoms with van der Waals surface area (Å²) in [6, 6.07) is 0. The molecule has 0 aliphatic rings. The van der Waals surface area contributed by atoms with Crippen LogP contribution in [-0.4, -0.2) is 35.5 Å². The van der Waals surface area contributed by atoms with Gasteiger partial charge in [-0.2, -0.15) is 0 Å². The number of hydrogen-bond donors (Lipinski definition) is 1. The number of rotatable bonds is 6. The zero-order valence-corrected chi connectivity index (χ0v) is 10.7. The van der Waals surface area contributed by atoms with Gasteiger partial charge in [0, 0.05) is 24.5 Å². The summed E-state index contributed by atoms with van der Waals surface area (Å²) in [7, 11) is 4.03. The van der Waals surface area contributed by atoms with E-state index >= 15 is 0 Å². The third-order valence-corrected chi connectivity index (χ3v) is 2.10. The Morgan fingerprint density at radius 2 is 1.88 bits per heavy atom. The molecular weight excluding hydrogens is 200 g/mol. The van der Waals surface area contributed by atoms with Crippen LogP contribution in [0.1, 0.15) is 25.2 Å². The summed E-state index contributed by atoms with van der Waals surface area (Å²) in [5.74, 6) is 1.55. The topological polar surface area (TPSA) is 41.1 Å². The van der Waals surface area contributed by atoms with E-state index < -0.39 is 0 Å². The lowest BCUT2D eigenvalue weighted by Crippen LogP contribution is -2.19. The van der Waals surface area contributed by atoms with Crippen LogP contribution >= 0.6 is 0 Å². The summed E-state index contributed by atoms with van der Waals surface area (Å²) in [4.78, 5) is 10.7. The first-order valence-corrected chi connectivity index (χ1v) is 5.73. The van der Waals surface area contributed by atoms with Crippen LogP contribution in [0.5, 0.6) is 0 Å². The van der Waals surface area contributed by atoms with Crippen LogP contribution in [0.15, 0.2) is 12.4 Å². The van der Waals surface area contributed by atoms with Crippen LogP contribution in [0.2, 0.25) is 0 Å². The van der Waals surface area contributed by atoms with Crippen molar-refractivity contribution in [3.8, 4) is 0 Å². The molecule has 0 bridgehead atoms. The zero-order chi connectivity index (χ0) is 12.0. The van der Waals surface area contributed by atoms with Crippen molar-refractivity contribution in [2.45, 2.75) is 26.9 Å². The Balaban J connectivity index is 2.39. The maximum atomic E-state index is 4.32. The van der Waals surface area contributed by atoms with Crippen LogP contribution in [0.3, 0.4) is 0 Å². The first-order valence-electron chi connectivity index (χ1n) is 5.73. The molecule has 0 saturated heterocycles. The molecule has 0 aromatic carbocycles. The first kappa shape index (κ1) is 13.1. The Bertz CT molecular complexity index is 292. The molecule has 0 fully saturated rings. The highest BCUT2D eigenvalue weighted by Crippen LogP contribution is 1.98. The van der Waals surface area contributed by atoms with E-state index in [1.807, 2.05) is 26.5 Å². The largest absolute Gasteiger partial charge is 0.312 e. The van der Waals surface area contributed by atoms with E-state index in [1.165, 1.54) is 0 Å². The van der Waals surface area contributed by atoms with Crippen molar-refractivity contribution in [3.05, 3.63) is 23.8 Å². The van der Waals surface area contributed by atoms with Gasteiger partial charge in [-0.1, -0.05) is 13.8 Å². The molecule has 0 atom stereocenters. The number of hydrogen-bond acceptors (Lipinski definition) is 4. The van der Waals surface area contributed by atoms with E-state index in [-0.39, 0.29) is 0 Å². The van der Waals surface area contributed by atoms with Crippen molar-refractivity contribution < 1.29 is 0 Å². The molecule has 4 heteroatoms. The minimum absolute atomic E-state index is 0.675. The van der Waals surface area contributed by atoms with Crippen molar-refractivity contribution in [2.24, 2.45) is 5.92 Å². The third kappa shape index (κ3) is 5.19. The van der Waals surface area contributed by atoms with E-state index in [9.17, 15) is 0 Å². The minimum Gasteiger partial charge on any atom is -0.312 e. The van der Waals surface area contributed by atoms with E-state index in [2.05, 4.69) is 34.0 Å². The van der Waals surface area contributed by atoms with Gasteiger partial charge in [0.1, 0.15) is 5.82 Å². The SMILES string of the molecule is CC(C)CNCc1cnc(CN(C)C)nc1. The van der Waals surface area contributed by atoms with Crippen LogP contribution in [0, 0.1) is 5.92 Å². The fourth-order valence-corrected chi connectivity index (χ4v) is 1.34. The second kappa shape index (κ2) is 6.55. The Hall–Kier alpha value is -1.00. The summed E-state index contributed by atoms with van der Waals surface area (Å²) < 4.78 is 0. The Kier molecular flexibility index (Phi) is 5.35. The fourth-order valence-electron chi connectivity index (χ4n) is 1.34. The highest BCUT2D eigenvalue weighted by Gasteiger charge is 1.99. The molecule has 0 amide bonds. The number of nitrogens with one attached hydrogen (secondary N) is 1. The predicted molar refractivity (Wildman–Crippen MR) is 66.0 cm³/mol. The molecule has 0 spiro atoms. The predicted octanol–water partition coefficient (Wildman–Crippen LogP) is 1.28. The van der Waals surface area contributed by atoms with Gasteiger partial charge in [0.05, 0.1) is 6.54 Å². The summed E-state index contributed by atoms with van der Waals surface area (Å²) in [6.07, 6.45) is 3.80. The van der Waals surface area contributed by atoms with Crippen molar-refractivity contribution in [2.75, 3.05) is 20.6 Å². The van der Waals surface area contributed by atoms with Crippen LogP contribution in [0.25, 0.3) is 0 Å². The maximum absolute atomic E-state index is 4.32. The van der Waals surface area contributed by atoms with Crippen LogP contribution in [0.4, 0.5) is 0 Å². The Morgan fingerprint density at radius 3 is 2.38 bits per heavy atom. The van der Waals surface area contributed by atoms with Crippen molar-refractivity contribution in [3.63, 3.8) is 0 Å². The second-order valence-electron chi connectivity index (χ2n) is 4.77. The second-order valence-corrected chi connectivity index (χ2v) is 4.77. The van der Waals surface area contributed by atoms with Gasteiger partial charge in [-0.15, -0.1) is 0 Å². The van der Waals surface area contributed by atoms with Crippen molar-refractivity contribution in [1.29, 1.82) is 0 Å². The Labute approximate surface area is 98.1 Å². The standard InChI is InChI=1S/C12H22N4/c1-10(2)5-13-6-11-7-14-12(15-8-11)9-16(3)4/h7-8,10,13H,5-6,9H2,1-4H3. The fraction of sp³-hybridized carbons (Fsp3) is 0.667. The molecule has 1 aromatic heterocycles. The lowest BCUT2D eigenvalue weighted by Gasteiger charge is -2.09. The summed E-state index contributed by atoms with van der Waals surface area (Å²) >= 11 is 0. The molecule has 0 saturated carbocycles. The quantitative estimate of drug-likeness (QED) is 0.787. The lowest BCUT2D eigenvalue weighted by atomic mass is 10.2. The average molecular weight is 222 g/mol. The van der Waals surface area contributed by atoms with E-state index in [4.69, 9.17) is 0 Å². The molecule has 0 radical (unpaired) electrons. The molecule has 4 nitrogen and oxygen atoms in total. The van der Waals surface area contributed by atoms with E-state index in [1.54, 1.807) is 0 Å². The van der Waals surface area contributed by atoms with Crippen molar-refractivity contribution >= 4 is 0 Å². The highest BCUT2D eigenvalue weighted by atomic mass is 15.1. The highest BCUT2D eigenvalue weighted by molar-refractivity contribution is 5.04. The molecule has 1 aromatic rings. The van der Waals surface area contributed by atoms with Gasteiger partial charge >= 0.3 is 0 Å².